The van der Waals surface area contributed by atoms with E-state index in [0.717, 1.165) is 22.4 Å². The van der Waals surface area contributed by atoms with Crippen molar-refractivity contribution in [3.8, 4) is 11.1 Å². The van der Waals surface area contributed by atoms with Crippen molar-refractivity contribution in [3.63, 3.8) is 0 Å². The Balaban J connectivity index is 2.08. The molecule has 0 bridgehead atoms. The summed E-state index contributed by atoms with van der Waals surface area (Å²) >= 11 is 0. The Kier molecular flexibility index (Phi) is 3.86. The van der Waals surface area contributed by atoms with Crippen molar-refractivity contribution in [2.24, 2.45) is 0 Å². The highest BCUT2D eigenvalue weighted by atomic mass is 19.1. The van der Waals surface area contributed by atoms with Crippen molar-refractivity contribution in [1.29, 1.82) is 0 Å². The van der Waals surface area contributed by atoms with Crippen LogP contribution >= 0.6 is 0 Å². The predicted molar refractivity (Wildman–Crippen MR) is 85.9 cm³/mol. The first-order valence-corrected chi connectivity index (χ1v) is 7.38. The number of hydrogen-bond acceptors (Lipinski definition) is 3. The quantitative estimate of drug-likeness (QED) is 0.737. The molecule has 0 spiro atoms. The Hall–Kier alpha value is -2.69. The molecular formula is C18H17FN2O2. The highest BCUT2D eigenvalue weighted by molar-refractivity contribution is 5.66. The van der Waals surface area contributed by atoms with Gasteiger partial charge in [-0.3, -0.25) is 4.79 Å². The van der Waals surface area contributed by atoms with Crippen LogP contribution in [0.2, 0.25) is 0 Å². The highest BCUT2D eigenvalue weighted by Gasteiger charge is 2.15. The zero-order chi connectivity index (χ0) is 16.6. The van der Waals surface area contributed by atoms with Crippen molar-refractivity contribution in [3.05, 3.63) is 75.8 Å². The van der Waals surface area contributed by atoms with Gasteiger partial charge in [-0.15, -0.1) is 0 Å². The molecule has 0 aliphatic rings. The average Bonchev–Trinajstić information content (AvgIpc) is 2.87. The fourth-order valence-electron chi connectivity index (χ4n) is 2.75. The molecule has 118 valence electrons. The molecule has 0 aliphatic heterocycles. The van der Waals surface area contributed by atoms with Gasteiger partial charge in [0.15, 0.2) is 0 Å². The van der Waals surface area contributed by atoms with E-state index in [-0.39, 0.29) is 17.4 Å². The minimum Gasteiger partial charge on any atom is -0.361 e. The van der Waals surface area contributed by atoms with Gasteiger partial charge in [-0.25, -0.2) is 4.39 Å². The molecule has 3 aromatic rings. The van der Waals surface area contributed by atoms with E-state index in [4.69, 9.17) is 4.52 Å². The molecule has 0 saturated carbocycles. The Morgan fingerprint density at radius 2 is 1.83 bits per heavy atom. The van der Waals surface area contributed by atoms with Crippen LogP contribution in [0.3, 0.4) is 0 Å². The molecule has 23 heavy (non-hydrogen) atoms. The summed E-state index contributed by atoms with van der Waals surface area (Å²) < 4.78 is 19.9. The fourth-order valence-corrected chi connectivity index (χ4v) is 2.75. The van der Waals surface area contributed by atoms with Crippen LogP contribution in [0, 0.1) is 19.7 Å². The maximum absolute atomic E-state index is 13.1. The van der Waals surface area contributed by atoms with Gasteiger partial charge in [-0.05, 0) is 44.5 Å². The van der Waals surface area contributed by atoms with Gasteiger partial charge in [0.2, 0.25) is 0 Å². The van der Waals surface area contributed by atoms with E-state index < -0.39 is 0 Å². The Labute approximate surface area is 133 Å². The molecule has 0 unspecified atom stereocenters. The number of rotatable bonds is 3. The third-order valence-electron chi connectivity index (χ3n) is 4.03. The molecule has 1 atom stereocenters. The maximum atomic E-state index is 13.1. The maximum Gasteiger partial charge on any atom is 0.251 e. The van der Waals surface area contributed by atoms with Crippen LogP contribution in [0.15, 0.2) is 51.9 Å². The molecule has 5 heteroatoms. The first kappa shape index (κ1) is 15.2. The average molecular weight is 312 g/mol. The Morgan fingerprint density at radius 1 is 1.13 bits per heavy atom. The van der Waals surface area contributed by atoms with Gasteiger partial charge < -0.3 is 9.09 Å². The number of aryl methyl sites for hydroxylation is 2. The van der Waals surface area contributed by atoms with Gasteiger partial charge in [0, 0.05) is 23.4 Å². The normalized spacial score (nSPS) is 12.3. The number of pyridine rings is 1. The van der Waals surface area contributed by atoms with Crippen LogP contribution in [0.1, 0.15) is 30.0 Å². The van der Waals surface area contributed by atoms with Gasteiger partial charge in [0.25, 0.3) is 5.56 Å². The molecule has 2 aromatic heterocycles. The SMILES string of the molecule is Cc1noc(C)c1-c1ccc(=O)n([C@@H](C)c2ccc(F)cc2)c1. The number of aromatic nitrogens is 2. The molecule has 0 N–H and O–H groups in total. The fraction of sp³-hybridized carbons (Fsp3) is 0.222. The van der Waals surface area contributed by atoms with Crippen molar-refractivity contribution in [2.45, 2.75) is 26.8 Å². The minimum absolute atomic E-state index is 0.114. The summed E-state index contributed by atoms with van der Waals surface area (Å²) in [6.45, 7) is 5.62. The number of hydrogen-bond donors (Lipinski definition) is 0. The van der Waals surface area contributed by atoms with Crippen molar-refractivity contribution < 1.29 is 8.91 Å². The van der Waals surface area contributed by atoms with E-state index in [0.29, 0.717) is 5.76 Å². The zero-order valence-corrected chi connectivity index (χ0v) is 13.2. The summed E-state index contributed by atoms with van der Waals surface area (Å²) in [4.78, 5) is 12.2. The second-order valence-corrected chi connectivity index (χ2v) is 5.59. The van der Waals surface area contributed by atoms with Crippen LogP contribution in [-0.2, 0) is 0 Å². The molecule has 0 saturated heterocycles. The first-order chi connectivity index (χ1) is 11.0. The van der Waals surface area contributed by atoms with Crippen LogP contribution < -0.4 is 5.56 Å². The molecule has 0 amide bonds. The topological polar surface area (TPSA) is 48.0 Å². The summed E-state index contributed by atoms with van der Waals surface area (Å²) in [7, 11) is 0. The lowest BCUT2D eigenvalue weighted by atomic mass is 10.0. The summed E-state index contributed by atoms with van der Waals surface area (Å²) in [5.41, 5.74) is 3.30. The van der Waals surface area contributed by atoms with Crippen molar-refractivity contribution >= 4 is 0 Å². The second kappa shape index (κ2) is 5.83. The predicted octanol–water partition coefficient (Wildman–Crippen LogP) is 3.87. The van der Waals surface area contributed by atoms with Gasteiger partial charge in [0.05, 0.1) is 11.7 Å². The summed E-state index contributed by atoms with van der Waals surface area (Å²) in [5.74, 6) is 0.417. The molecule has 4 nitrogen and oxygen atoms in total. The van der Waals surface area contributed by atoms with Crippen LogP contribution in [-0.4, -0.2) is 9.72 Å². The van der Waals surface area contributed by atoms with Crippen LogP contribution in [0.5, 0.6) is 0 Å². The van der Waals surface area contributed by atoms with Gasteiger partial charge >= 0.3 is 0 Å². The molecular weight excluding hydrogens is 295 g/mol. The van der Waals surface area contributed by atoms with Gasteiger partial charge in [0.1, 0.15) is 11.6 Å². The van der Waals surface area contributed by atoms with Crippen molar-refractivity contribution in [2.75, 3.05) is 0 Å². The number of halogens is 1. The van der Waals surface area contributed by atoms with E-state index in [1.54, 1.807) is 29.0 Å². The van der Waals surface area contributed by atoms with E-state index in [9.17, 15) is 9.18 Å². The Morgan fingerprint density at radius 3 is 2.43 bits per heavy atom. The second-order valence-electron chi connectivity index (χ2n) is 5.59. The molecule has 0 fully saturated rings. The van der Waals surface area contributed by atoms with Crippen molar-refractivity contribution in [1.82, 2.24) is 9.72 Å². The monoisotopic (exact) mass is 312 g/mol. The lowest BCUT2D eigenvalue weighted by Crippen LogP contribution is -2.22. The molecule has 0 radical (unpaired) electrons. The van der Waals surface area contributed by atoms with E-state index >= 15 is 0 Å². The molecule has 0 aliphatic carbocycles. The first-order valence-electron chi connectivity index (χ1n) is 7.38. The molecule has 3 rings (SSSR count). The van der Waals surface area contributed by atoms with E-state index in [1.165, 1.54) is 18.2 Å². The van der Waals surface area contributed by atoms with Crippen LogP contribution in [0.25, 0.3) is 11.1 Å². The minimum atomic E-state index is -0.294. The van der Waals surface area contributed by atoms with Gasteiger partial charge in [-0.2, -0.15) is 0 Å². The zero-order valence-electron chi connectivity index (χ0n) is 13.2. The summed E-state index contributed by atoms with van der Waals surface area (Å²) in [6, 6.07) is 9.27. The summed E-state index contributed by atoms with van der Waals surface area (Å²) in [6.07, 6.45) is 1.79. The lowest BCUT2D eigenvalue weighted by Gasteiger charge is -2.16. The molecule has 1 aromatic carbocycles. The largest absolute Gasteiger partial charge is 0.361 e. The van der Waals surface area contributed by atoms with Crippen LogP contribution in [0.4, 0.5) is 4.39 Å². The molecule has 2 heterocycles. The third kappa shape index (κ3) is 2.82. The number of benzene rings is 1. The standard InChI is InChI=1S/C18H17FN2O2/c1-11-18(13(3)23-20-11)15-6-9-17(22)21(10-15)12(2)14-4-7-16(19)8-5-14/h4-10,12H,1-3H3/t12-/m0/s1. The smallest absolute Gasteiger partial charge is 0.251 e. The summed E-state index contributed by atoms with van der Waals surface area (Å²) in [5, 5.41) is 3.95. The van der Waals surface area contributed by atoms with Gasteiger partial charge in [-0.1, -0.05) is 17.3 Å². The number of nitrogens with zero attached hydrogens (tertiary/aromatic N) is 2. The third-order valence-corrected chi connectivity index (χ3v) is 4.03. The van der Waals surface area contributed by atoms with E-state index in [1.807, 2.05) is 20.8 Å². The Bertz CT molecular complexity index is 875. The highest BCUT2D eigenvalue weighted by Crippen LogP contribution is 2.27. The lowest BCUT2D eigenvalue weighted by molar-refractivity contribution is 0.393. The van der Waals surface area contributed by atoms with E-state index in [2.05, 4.69) is 5.16 Å².